The molecular formula is C11H9F6NO4. The summed E-state index contributed by atoms with van der Waals surface area (Å²) in [4.78, 5) is 14.1. The van der Waals surface area contributed by atoms with Gasteiger partial charge in [0.05, 0.1) is 20.6 Å². The van der Waals surface area contributed by atoms with Crippen LogP contribution in [0.25, 0.3) is 0 Å². The maximum absolute atomic E-state index is 12.9. The summed E-state index contributed by atoms with van der Waals surface area (Å²) in [7, 11) is 1.89. The van der Waals surface area contributed by atoms with E-state index in [1.807, 2.05) is 0 Å². The van der Waals surface area contributed by atoms with E-state index < -0.39 is 47.8 Å². The number of aromatic nitrogens is 1. The highest BCUT2D eigenvalue weighted by atomic mass is 19.4. The lowest BCUT2D eigenvalue weighted by molar-refractivity contribution is -0.276. The fourth-order valence-electron chi connectivity index (χ4n) is 1.45. The van der Waals surface area contributed by atoms with E-state index in [4.69, 9.17) is 0 Å². The maximum atomic E-state index is 12.9. The summed E-state index contributed by atoms with van der Waals surface area (Å²) in [5.74, 6) is -3.31. The van der Waals surface area contributed by atoms with E-state index in [2.05, 4.69) is 19.2 Å². The smallest absolute Gasteiger partial charge is 0.481 e. The van der Waals surface area contributed by atoms with Gasteiger partial charge in [0.15, 0.2) is 11.4 Å². The van der Waals surface area contributed by atoms with Crippen molar-refractivity contribution in [3.05, 3.63) is 17.3 Å². The minimum atomic E-state index is -5.40. The lowest BCUT2D eigenvalue weighted by atomic mass is 10.1. The molecule has 1 aromatic heterocycles. The summed E-state index contributed by atoms with van der Waals surface area (Å²) in [6.07, 6.45) is -11.5. The second-order valence-electron chi connectivity index (χ2n) is 3.80. The van der Waals surface area contributed by atoms with Crippen LogP contribution in [-0.4, -0.2) is 31.5 Å². The van der Waals surface area contributed by atoms with E-state index >= 15 is 0 Å². The van der Waals surface area contributed by atoms with Gasteiger partial charge in [-0.1, -0.05) is 0 Å². The van der Waals surface area contributed by atoms with Crippen LogP contribution in [0.15, 0.2) is 6.07 Å². The first-order valence-electron chi connectivity index (χ1n) is 5.45. The van der Waals surface area contributed by atoms with Gasteiger partial charge in [-0.3, -0.25) is 4.79 Å². The fourth-order valence-corrected chi connectivity index (χ4v) is 1.45. The number of hydrogen-bond acceptors (Lipinski definition) is 5. The van der Waals surface area contributed by atoms with E-state index in [0.717, 1.165) is 20.3 Å². The summed E-state index contributed by atoms with van der Waals surface area (Å²) in [6.45, 7) is 0. The Labute approximate surface area is 119 Å². The standard InChI is InChI=1S/C11H9F6NO4/c1-20-6-3-5(4-7(19)21-2)8(22-11(15,16)17)9(18-6)10(12,13)14/h3H,4H2,1-2H3. The Hall–Kier alpha value is -2.20. The van der Waals surface area contributed by atoms with Crippen LogP contribution in [0.2, 0.25) is 0 Å². The molecule has 22 heavy (non-hydrogen) atoms. The van der Waals surface area contributed by atoms with Gasteiger partial charge in [0.25, 0.3) is 0 Å². The van der Waals surface area contributed by atoms with E-state index in [1.165, 1.54) is 0 Å². The van der Waals surface area contributed by atoms with Gasteiger partial charge in [0.1, 0.15) is 0 Å². The quantitative estimate of drug-likeness (QED) is 0.626. The minimum Gasteiger partial charge on any atom is -0.481 e. The van der Waals surface area contributed by atoms with Gasteiger partial charge >= 0.3 is 18.5 Å². The number of halogens is 6. The fraction of sp³-hybridized carbons (Fsp3) is 0.455. The molecule has 0 aromatic carbocycles. The average molecular weight is 333 g/mol. The van der Waals surface area contributed by atoms with Gasteiger partial charge in [-0.2, -0.15) is 13.2 Å². The van der Waals surface area contributed by atoms with Crippen molar-refractivity contribution in [1.29, 1.82) is 0 Å². The Morgan fingerprint density at radius 3 is 2.18 bits per heavy atom. The predicted molar refractivity (Wildman–Crippen MR) is 58.2 cm³/mol. The molecule has 1 aromatic rings. The monoisotopic (exact) mass is 333 g/mol. The molecule has 0 saturated heterocycles. The van der Waals surface area contributed by atoms with Gasteiger partial charge in [-0.25, -0.2) is 4.98 Å². The van der Waals surface area contributed by atoms with E-state index in [9.17, 15) is 31.1 Å². The largest absolute Gasteiger partial charge is 0.573 e. The molecule has 0 unspecified atom stereocenters. The van der Waals surface area contributed by atoms with Gasteiger partial charge < -0.3 is 14.2 Å². The zero-order chi connectivity index (χ0) is 17.1. The number of ether oxygens (including phenoxy) is 3. The highest BCUT2D eigenvalue weighted by Gasteiger charge is 2.43. The third-order valence-corrected chi connectivity index (χ3v) is 2.28. The summed E-state index contributed by atoms with van der Waals surface area (Å²) < 4.78 is 87.7. The molecule has 124 valence electrons. The van der Waals surface area contributed by atoms with Crippen molar-refractivity contribution in [2.75, 3.05) is 14.2 Å². The molecule has 0 bridgehead atoms. The topological polar surface area (TPSA) is 57.7 Å². The van der Waals surface area contributed by atoms with Crippen LogP contribution in [0, 0.1) is 0 Å². The molecule has 0 saturated carbocycles. The van der Waals surface area contributed by atoms with Crippen LogP contribution in [0.5, 0.6) is 11.6 Å². The van der Waals surface area contributed by atoms with Gasteiger partial charge in [0, 0.05) is 11.6 Å². The van der Waals surface area contributed by atoms with Crippen LogP contribution < -0.4 is 9.47 Å². The molecule has 0 fully saturated rings. The van der Waals surface area contributed by atoms with Crippen molar-refractivity contribution >= 4 is 5.97 Å². The highest BCUT2D eigenvalue weighted by molar-refractivity contribution is 5.73. The van der Waals surface area contributed by atoms with Crippen LogP contribution in [0.3, 0.4) is 0 Å². The number of methoxy groups -OCH3 is 2. The molecule has 5 nitrogen and oxygen atoms in total. The maximum Gasteiger partial charge on any atom is 0.573 e. The second kappa shape index (κ2) is 6.28. The first-order valence-corrected chi connectivity index (χ1v) is 5.45. The summed E-state index contributed by atoms with van der Waals surface area (Å²) in [5.41, 5.74) is -2.67. The number of carbonyl (C=O) groups is 1. The summed E-state index contributed by atoms with van der Waals surface area (Å²) in [6, 6.07) is 0.729. The molecule has 0 amide bonds. The number of rotatable bonds is 4. The number of pyridine rings is 1. The number of esters is 1. The van der Waals surface area contributed by atoms with E-state index in [1.54, 1.807) is 0 Å². The number of alkyl halides is 6. The lowest BCUT2D eigenvalue weighted by Gasteiger charge is -2.18. The number of carbonyl (C=O) groups excluding carboxylic acids is 1. The van der Waals surface area contributed by atoms with Crippen LogP contribution in [0.1, 0.15) is 11.3 Å². The molecule has 11 heteroatoms. The van der Waals surface area contributed by atoms with Gasteiger partial charge in [-0.15, -0.1) is 13.2 Å². The minimum absolute atomic E-state index is 0.624. The summed E-state index contributed by atoms with van der Waals surface area (Å²) in [5, 5.41) is 0. The Kier molecular flexibility index (Phi) is 5.09. The van der Waals surface area contributed by atoms with E-state index in [-0.39, 0.29) is 0 Å². The zero-order valence-corrected chi connectivity index (χ0v) is 11.1. The molecule has 0 aliphatic rings. The third kappa shape index (κ3) is 4.67. The SMILES string of the molecule is COC(=O)Cc1cc(OC)nc(C(F)(F)F)c1OC(F)(F)F. The second-order valence-corrected chi connectivity index (χ2v) is 3.80. The highest BCUT2D eigenvalue weighted by Crippen LogP contribution is 2.41. The average Bonchev–Trinajstić information content (AvgIpc) is 2.37. The molecular weight excluding hydrogens is 324 g/mol. The van der Waals surface area contributed by atoms with Crippen molar-refractivity contribution in [1.82, 2.24) is 4.98 Å². The number of hydrogen-bond donors (Lipinski definition) is 0. The zero-order valence-electron chi connectivity index (χ0n) is 11.1. The molecule has 1 heterocycles. The Bertz CT molecular complexity index is 555. The van der Waals surface area contributed by atoms with Crippen LogP contribution in [-0.2, 0) is 22.1 Å². The first-order chi connectivity index (χ1) is 9.97. The van der Waals surface area contributed by atoms with E-state index in [0.29, 0.717) is 0 Å². The molecule has 0 spiro atoms. The third-order valence-electron chi connectivity index (χ3n) is 2.28. The van der Waals surface area contributed by atoms with Crippen molar-refractivity contribution < 1.29 is 45.3 Å². The molecule has 0 aliphatic heterocycles. The summed E-state index contributed by atoms with van der Waals surface area (Å²) >= 11 is 0. The lowest BCUT2D eigenvalue weighted by Crippen LogP contribution is -2.23. The first kappa shape index (κ1) is 17.9. The van der Waals surface area contributed by atoms with Crippen molar-refractivity contribution in [2.45, 2.75) is 19.0 Å². The van der Waals surface area contributed by atoms with Crippen molar-refractivity contribution in [3.8, 4) is 11.6 Å². The molecule has 0 N–H and O–H groups in total. The molecule has 0 atom stereocenters. The normalized spacial score (nSPS) is 12.0. The van der Waals surface area contributed by atoms with Gasteiger partial charge in [-0.05, 0) is 0 Å². The van der Waals surface area contributed by atoms with Crippen molar-refractivity contribution in [3.63, 3.8) is 0 Å². The number of nitrogens with zero attached hydrogens (tertiary/aromatic N) is 1. The Balaban J connectivity index is 3.52. The molecule has 0 radical (unpaired) electrons. The predicted octanol–water partition coefficient (Wildman–Crippen LogP) is 2.72. The van der Waals surface area contributed by atoms with Gasteiger partial charge in [0.2, 0.25) is 5.88 Å². The molecule has 1 rings (SSSR count). The molecule has 0 aliphatic carbocycles. The Morgan fingerprint density at radius 1 is 1.18 bits per heavy atom. The van der Waals surface area contributed by atoms with Crippen molar-refractivity contribution in [2.24, 2.45) is 0 Å². The van der Waals surface area contributed by atoms with Crippen LogP contribution in [0.4, 0.5) is 26.3 Å². The van der Waals surface area contributed by atoms with Crippen LogP contribution >= 0.6 is 0 Å². The Morgan fingerprint density at radius 2 is 1.77 bits per heavy atom.